The highest BCUT2D eigenvalue weighted by molar-refractivity contribution is 6.25. The average molecular weight is 368 g/mol. The van der Waals surface area contributed by atoms with Gasteiger partial charge in [-0.1, -0.05) is 6.07 Å². The second-order valence-electron chi connectivity index (χ2n) is 7.60. The van der Waals surface area contributed by atoms with Crippen LogP contribution in [-0.4, -0.2) is 59.7 Å². The number of benzene rings is 1. The highest BCUT2D eigenvalue weighted by atomic mass is 16.2. The van der Waals surface area contributed by atoms with Crippen molar-refractivity contribution >= 4 is 29.3 Å². The summed E-state index contributed by atoms with van der Waals surface area (Å²) in [5.41, 5.74) is 1.53. The lowest BCUT2D eigenvalue weighted by Gasteiger charge is -2.38. The van der Waals surface area contributed by atoms with Crippen LogP contribution in [0.3, 0.4) is 0 Å². The zero-order valence-electron chi connectivity index (χ0n) is 14.7. The second kappa shape index (κ2) is 5.88. The molecule has 1 aromatic carbocycles. The van der Waals surface area contributed by atoms with Crippen molar-refractivity contribution in [2.45, 2.75) is 43.8 Å². The number of carbonyl (C=O) groups excluding carboxylic acids is 4. The minimum Gasteiger partial charge on any atom is -0.362 e. The Hall–Kier alpha value is -2.74. The van der Waals surface area contributed by atoms with Gasteiger partial charge in [0.05, 0.1) is 16.8 Å². The minimum atomic E-state index is -0.928. The van der Waals surface area contributed by atoms with Crippen molar-refractivity contribution in [3.8, 4) is 0 Å². The number of amides is 4. The molecule has 4 aliphatic heterocycles. The van der Waals surface area contributed by atoms with Gasteiger partial charge in [-0.2, -0.15) is 0 Å². The zero-order chi connectivity index (χ0) is 18.7. The first-order valence-corrected chi connectivity index (χ1v) is 9.40. The van der Waals surface area contributed by atoms with Crippen LogP contribution in [0.4, 0.5) is 5.69 Å². The summed E-state index contributed by atoms with van der Waals surface area (Å²) < 4.78 is 0. The first kappa shape index (κ1) is 16.4. The van der Waals surface area contributed by atoms with E-state index in [0.29, 0.717) is 23.2 Å². The highest BCUT2D eigenvalue weighted by Gasteiger charge is 2.47. The number of anilines is 1. The molecule has 0 radical (unpaired) electrons. The van der Waals surface area contributed by atoms with E-state index < -0.39 is 23.8 Å². The molecule has 140 valence electrons. The molecule has 5 rings (SSSR count). The Morgan fingerprint density at radius 1 is 0.926 bits per heavy atom. The summed E-state index contributed by atoms with van der Waals surface area (Å²) in [5, 5.41) is 5.65. The van der Waals surface area contributed by atoms with Crippen LogP contribution in [0, 0.1) is 0 Å². The zero-order valence-corrected chi connectivity index (χ0v) is 14.7. The molecular formula is C19H20N4O4. The summed E-state index contributed by atoms with van der Waals surface area (Å²) in [7, 11) is 0. The fraction of sp³-hybridized carbons (Fsp3) is 0.474. The number of piperazine rings is 1. The molecule has 4 aliphatic rings. The minimum absolute atomic E-state index is 0.124. The van der Waals surface area contributed by atoms with Crippen molar-refractivity contribution in [2.75, 3.05) is 18.0 Å². The average Bonchev–Trinajstić information content (AvgIpc) is 3.05. The number of carbonyl (C=O) groups is 4. The quantitative estimate of drug-likeness (QED) is 0.715. The Bertz CT molecular complexity index is 866. The summed E-state index contributed by atoms with van der Waals surface area (Å²) in [6, 6.07) is 5.03. The predicted octanol–water partition coefficient (Wildman–Crippen LogP) is 0.0284. The van der Waals surface area contributed by atoms with Crippen LogP contribution in [0.5, 0.6) is 0 Å². The largest absolute Gasteiger partial charge is 0.362 e. The molecule has 2 bridgehead atoms. The number of nitrogens with zero attached hydrogens (tertiary/aromatic N) is 2. The van der Waals surface area contributed by atoms with Crippen molar-refractivity contribution in [3.05, 3.63) is 29.3 Å². The van der Waals surface area contributed by atoms with Gasteiger partial charge in [0.25, 0.3) is 11.8 Å². The molecule has 3 fully saturated rings. The SMILES string of the molecule is O=C1CCC(N2C(=O)c3cccc(N4[C@@H]5CC[C@H]4CNC5)c3C2=O)C(=O)N1. The maximum absolute atomic E-state index is 13.2. The van der Waals surface area contributed by atoms with E-state index in [2.05, 4.69) is 15.5 Å². The standard InChI is InChI=1S/C19H20N4O4/c24-15-7-6-14(17(25)21-15)23-18(26)12-2-1-3-13(16(12)19(23)27)22-10-4-5-11(22)9-20-8-10/h1-3,10-11,14,20H,4-9H2,(H,21,24,25)/t10-,11+,14?. The molecule has 0 aliphatic carbocycles. The van der Waals surface area contributed by atoms with Crippen LogP contribution in [0.2, 0.25) is 0 Å². The van der Waals surface area contributed by atoms with E-state index in [1.807, 2.05) is 6.07 Å². The number of hydrogen-bond acceptors (Lipinski definition) is 6. The van der Waals surface area contributed by atoms with Gasteiger partial charge in [0.2, 0.25) is 11.8 Å². The Labute approximate surface area is 155 Å². The van der Waals surface area contributed by atoms with E-state index in [-0.39, 0.29) is 18.7 Å². The van der Waals surface area contributed by atoms with E-state index in [0.717, 1.165) is 36.5 Å². The van der Waals surface area contributed by atoms with Crippen LogP contribution in [0.15, 0.2) is 18.2 Å². The predicted molar refractivity (Wildman–Crippen MR) is 95.3 cm³/mol. The number of piperidine rings is 1. The number of nitrogens with one attached hydrogen (secondary N) is 2. The Kier molecular flexibility index (Phi) is 3.58. The van der Waals surface area contributed by atoms with Crippen LogP contribution >= 0.6 is 0 Å². The topological polar surface area (TPSA) is 98.8 Å². The third-order valence-corrected chi connectivity index (χ3v) is 6.10. The van der Waals surface area contributed by atoms with Crippen LogP contribution < -0.4 is 15.5 Å². The molecule has 0 spiro atoms. The molecular weight excluding hydrogens is 348 g/mol. The number of rotatable bonds is 2. The third kappa shape index (κ3) is 2.32. The molecule has 1 unspecified atom stereocenters. The van der Waals surface area contributed by atoms with Crippen LogP contribution in [-0.2, 0) is 9.59 Å². The third-order valence-electron chi connectivity index (χ3n) is 6.10. The summed E-state index contributed by atoms with van der Waals surface area (Å²) in [6.07, 6.45) is 2.41. The van der Waals surface area contributed by atoms with E-state index in [1.54, 1.807) is 12.1 Å². The van der Waals surface area contributed by atoms with E-state index in [4.69, 9.17) is 0 Å². The molecule has 2 N–H and O–H groups in total. The number of fused-ring (bicyclic) bond motifs is 3. The molecule has 4 heterocycles. The molecule has 4 amide bonds. The van der Waals surface area contributed by atoms with Gasteiger partial charge in [-0.05, 0) is 31.4 Å². The molecule has 3 atom stereocenters. The number of hydrogen-bond donors (Lipinski definition) is 2. The van der Waals surface area contributed by atoms with E-state index >= 15 is 0 Å². The lowest BCUT2D eigenvalue weighted by atomic mass is 10.0. The van der Waals surface area contributed by atoms with Gasteiger partial charge < -0.3 is 10.2 Å². The van der Waals surface area contributed by atoms with Gasteiger partial charge in [0, 0.05) is 31.6 Å². The Morgan fingerprint density at radius 2 is 1.67 bits per heavy atom. The van der Waals surface area contributed by atoms with Gasteiger partial charge in [0.15, 0.2) is 0 Å². The lowest BCUT2D eigenvalue weighted by Crippen LogP contribution is -2.54. The molecule has 0 saturated carbocycles. The van der Waals surface area contributed by atoms with Crippen LogP contribution in [0.1, 0.15) is 46.4 Å². The van der Waals surface area contributed by atoms with Gasteiger partial charge in [-0.3, -0.25) is 29.4 Å². The Balaban J connectivity index is 1.54. The molecule has 3 saturated heterocycles. The van der Waals surface area contributed by atoms with Crippen molar-refractivity contribution in [1.82, 2.24) is 15.5 Å². The molecule has 8 heteroatoms. The molecule has 1 aromatic rings. The van der Waals surface area contributed by atoms with Crippen molar-refractivity contribution in [1.29, 1.82) is 0 Å². The van der Waals surface area contributed by atoms with Crippen molar-refractivity contribution < 1.29 is 19.2 Å². The van der Waals surface area contributed by atoms with Crippen molar-refractivity contribution in [3.63, 3.8) is 0 Å². The smallest absolute Gasteiger partial charge is 0.264 e. The fourth-order valence-electron chi connectivity index (χ4n) is 4.88. The first-order valence-electron chi connectivity index (χ1n) is 9.40. The normalized spacial score (nSPS) is 30.0. The monoisotopic (exact) mass is 368 g/mol. The summed E-state index contributed by atoms with van der Waals surface area (Å²) in [4.78, 5) is 53.2. The first-order chi connectivity index (χ1) is 13.1. The van der Waals surface area contributed by atoms with E-state index in [1.165, 1.54) is 0 Å². The summed E-state index contributed by atoms with van der Waals surface area (Å²) in [5.74, 6) is -1.83. The van der Waals surface area contributed by atoms with Gasteiger partial charge in [0.1, 0.15) is 6.04 Å². The van der Waals surface area contributed by atoms with E-state index in [9.17, 15) is 19.2 Å². The second-order valence-corrected chi connectivity index (χ2v) is 7.60. The van der Waals surface area contributed by atoms with Gasteiger partial charge in [-0.15, -0.1) is 0 Å². The lowest BCUT2D eigenvalue weighted by molar-refractivity contribution is -0.136. The van der Waals surface area contributed by atoms with Gasteiger partial charge >= 0.3 is 0 Å². The van der Waals surface area contributed by atoms with Crippen LogP contribution in [0.25, 0.3) is 0 Å². The maximum Gasteiger partial charge on any atom is 0.264 e. The fourth-order valence-corrected chi connectivity index (χ4v) is 4.88. The van der Waals surface area contributed by atoms with Crippen molar-refractivity contribution in [2.24, 2.45) is 0 Å². The summed E-state index contributed by atoms with van der Waals surface area (Å²) in [6.45, 7) is 1.72. The summed E-state index contributed by atoms with van der Waals surface area (Å²) >= 11 is 0. The highest BCUT2D eigenvalue weighted by Crippen LogP contribution is 2.39. The molecule has 8 nitrogen and oxygen atoms in total. The Morgan fingerprint density at radius 3 is 2.37 bits per heavy atom. The number of imide groups is 2. The van der Waals surface area contributed by atoms with Gasteiger partial charge in [-0.25, -0.2) is 0 Å². The molecule has 27 heavy (non-hydrogen) atoms. The molecule has 0 aromatic heterocycles. The maximum atomic E-state index is 13.2.